The van der Waals surface area contributed by atoms with Crippen molar-refractivity contribution in [2.24, 2.45) is 5.92 Å². The molecule has 0 radical (unpaired) electrons. The fourth-order valence-electron chi connectivity index (χ4n) is 5.76. The van der Waals surface area contributed by atoms with Crippen LogP contribution in [0.4, 0.5) is 10.1 Å². The molecular weight excluding hydrogens is 477 g/mol. The van der Waals surface area contributed by atoms with Gasteiger partial charge in [0.05, 0.1) is 6.61 Å². The van der Waals surface area contributed by atoms with E-state index in [4.69, 9.17) is 14.2 Å². The molecule has 4 nitrogen and oxygen atoms in total. The molecule has 1 saturated carbocycles. The summed E-state index contributed by atoms with van der Waals surface area (Å²) in [6, 6.07) is 23.1. The van der Waals surface area contributed by atoms with Gasteiger partial charge in [0, 0.05) is 24.4 Å². The van der Waals surface area contributed by atoms with Crippen molar-refractivity contribution in [3.8, 4) is 5.75 Å². The Morgan fingerprint density at radius 2 is 1.68 bits per heavy atom. The van der Waals surface area contributed by atoms with Gasteiger partial charge in [-0.15, -0.1) is 0 Å². The molecule has 1 fully saturated rings. The minimum atomic E-state index is -0.562. The van der Waals surface area contributed by atoms with E-state index in [2.05, 4.69) is 37.4 Å². The van der Waals surface area contributed by atoms with Gasteiger partial charge in [-0.05, 0) is 67.6 Å². The summed E-state index contributed by atoms with van der Waals surface area (Å²) in [5.41, 5.74) is 3.40. The molecule has 1 heterocycles. The minimum Gasteiger partial charge on any atom is -0.485 e. The number of hydrogen-bond acceptors (Lipinski definition) is 4. The fraction of sp³-hybridized carbons (Fsp3) is 0.455. The third kappa shape index (κ3) is 6.75. The van der Waals surface area contributed by atoms with Crippen LogP contribution in [-0.2, 0) is 22.6 Å². The maximum absolute atomic E-state index is 13.7. The zero-order valence-corrected chi connectivity index (χ0v) is 22.6. The highest BCUT2D eigenvalue weighted by Gasteiger charge is 2.45. The highest BCUT2D eigenvalue weighted by molar-refractivity contribution is 5.54. The molecule has 2 unspecified atom stereocenters. The van der Waals surface area contributed by atoms with E-state index in [9.17, 15) is 4.39 Å². The fourth-order valence-corrected chi connectivity index (χ4v) is 5.76. The van der Waals surface area contributed by atoms with Crippen molar-refractivity contribution in [2.75, 3.05) is 11.9 Å². The molecule has 2 atom stereocenters. The monoisotopic (exact) mass is 517 g/mol. The Hall–Kier alpha value is -2.89. The van der Waals surface area contributed by atoms with Crippen LogP contribution in [0.15, 0.2) is 72.8 Å². The molecule has 0 spiro atoms. The molecule has 3 aromatic carbocycles. The number of fused-ring (bicyclic) bond motifs is 1. The number of anilines is 1. The third-order valence-electron chi connectivity index (χ3n) is 7.86. The van der Waals surface area contributed by atoms with Gasteiger partial charge in [-0.1, -0.05) is 74.6 Å². The topological polar surface area (TPSA) is 39.7 Å². The van der Waals surface area contributed by atoms with Crippen LogP contribution in [-0.4, -0.2) is 18.3 Å². The number of nitrogens with one attached hydrogen (secondary N) is 1. The molecule has 2 aliphatic rings. The number of benzene rings is 3. The molecule has 202 valence electrons. The van der Waals surface area contributed by atoms with Crippen LogP contribution in [0, 0.1) is 11.7 Å². The maximum Gasteiger partial charge on any atom is 0.132 e. The Morgan fingerprint density at radius 3 is 2.47 bits per heavy atom. The van der Waals surface area contributed by atoms with E-state index in [0.717, 1.165) is 40.5 Å². The Balaban J connectivity index is 1.36. The zero-order valence-electron chi connectivity index (χ0n) is 22.6. The first-order valence-electron chi connectivity index (χ1n) is 14.1. The molecule has 5 heteroatoms. The van der Waals surface area contributed by atoms with Gasteiger partial charge < -0.3 is 19.5 Å². The molecule has 1 N–H and O–H groups in total. The molecule has 0 amide bonds. The second kappa shape index (κ2) is 12.3. The van der Waals surface area contributed by atoms with E-state index in [0.29, 0.717) is 19.8 Å². The predicted octanol–water partition coefficient (Wildman–Crippen LogP) is 8.22. The maximum atomic E-state index is 13.7. The van der Waals surface area contributed by atoms with Gasteiger partial charge in [0.1, 0.15) is 29.4 Å². The van der Waals surface area contributed by atoms with Crippen LogP contribution in [0.25, 0.3) is 0 Å². The highest BCUT2D eigenvalue weighted by atomic mass is 19.1. The molecule has 1 aliphatic heterocycles. The average molecular weight is 518 g/mol. The number of hydrogen-bond donors (Lipinski definition) is 1. The Labute approximate surface area is 226 Å². The molecule has 5 rings (SSSR count). The van der Waals surface area contributed by atoms with E-state index in [1.165, 1.54) is 38.2 Å². The second-order valence-electron chi connectivity index (χ2n) is 11.2. The average Bonchev–Trinajstić information content (AvgIpc) is 2.92. The van der Waals surface area contributed by atoms with E-state index in [-0.39, 0.29) is 18.0 Å². The Kier molecular flexibility index (Phi) is 8.65. The molecule has 38 heavy (non-hydrogen) atoms. The Bertz CT molecular complexity index is 1180. The van der Waals surface area contributed by atoms with Crippen molar-refractivity contribution in [2.45, 2.75) is 83.3 Å². The lowest BCUT2D eigenvalue weighted by molar-refractivity contribution is -0.168. The number of halogens is 1. The van der Waals surface area contributed by atoms with Gasteiger partial charge in [0.25, 0.3) is 0 Å². The Morgan fingerprint density at radius 1 is 0.895 bits per heavy atom. The van der Waals surface area contributed by atoms with Crippen LogP contribution in [0.2, 0.25) is 0 Å². The van der Waals surface area contributed by atoms with E-state index in [1.54, 1.807) is 12.1 Å². The number of ether oxygens (including phenoxy) is 3. The van der Waals surface area contributed by atoms with Crippen molar-refractivity contribution < 1.29 is 18.6 Å². The number of rotatable bonds is 10. The molecule has 0 saturated heterocycles. The summed E-state index contributed by atoms with van der Waals surface area (Å²) in [5, 5.41) is 3.44. The lowest BCUT2D eigenvalue weighted by Gasteiger charge is -2.44. The van der Waals surface area contributed by atoms with Crippen molar-refractivity contribution in [1.82, 2.24) is 0 Å². The van der Waals surface area contributed by atoms with Gasteiger partial charge in [-0.2, -0.15) is 0 Å². The lowest BCUT2D eigenvalue weighted by Crippen LogP contribution is -2.51. The van der Waals surface area contributed by atoms with Gasteiger partial charge >= 0.3 is 0 Å². The largest absolute Gasteiger partial charge is 0.485 e. The van der Waals surface area contributed by atoms with Crippen LogP contribution in [0.3, 0.4) is 0 Å². The lowest BCUT2D eigenvalue weighted by atomic mass is 9.86. The summed E-state index contributed by atoms with van der Waals surface area (Å²) >= 11 is 0. The van der Waals surface area contributed by atoms with Crippen molar-refractivity contribution in [3.63, 3.8) is 0 Å². The highest BCUT2D eigenvalue weighted by Crippen LogP contribution is 2.45. The SMILES string of the molecule is CC1(C)Oc2ccc(NCc3cccc(F)c3)cc2C(OCCC2CCCCC2)C1OCc1ccccc1. The van der Waals surface area contributed by atoms with Crippen molar-refractivity contribution in [1.29, 1.82) is 0 Å². The van der Waals surface area contributed by atoms with Crippen LogP contribution in [0.5, 0.6) is 5.75 Å². The zero-order chi connectivity index (χ0) is 26.4. The van der Waals surface area contributed by atoms with E-state index >= 15 is 0 Å². The first-order valence-corrected chi connectivity index (χ1v) is 14.1. The van der Waals surface area contributed by atoms with Crippen molar-refractivity contribution in [3.05, 3.63) is 95.3 Å². The molecule has 0 bridgehead atoms. The van der Waals surface area contributed by atoms with E-state index in [1.807, 2.05) is 36.4 Å². The van der Waals surface area contributed by atoms with Gasteiger partial charge in [0.2, 0.25) is 0 Å². The van der Waals surface area contributed by atoms with Gasteiger partial charge in [-0.3, -0.25) is 0 Å². The summed E-state index contributed by atoms with van der Waals surface area (Å²) in [4.78, 5) is 0. The summed E-state index contributed by atoms with van der Waals surface area (Å²) < 4.78 is 33.4. The van der Waals surface area contributed by atoms with Gasteiger partial charge in [0.15, 0.2) is 0 Å². The summed E-state index contributed by atoms with van der Waals surface area (Å²) in [7, 11) is 0. The molecule has 3 aromatic rings. The molecular formula is C33H40FNO3. The molecule has 1 aliphatic carbocycles. The van der Waals surface area contributed by atoms with Crippen LogP contribution < -0.4 is 10.1 Å². The first kappa shape index (κ1) is 26.7. The summed E-state index contributed by atoms with van der Waals surface area (Å²) in [6.07, 6.45) is 7.19. The van der Waals surface area contributed by atoms with Crippen LogP contribution in [0.1, 0.15) is 75.2 Å². The van der Waals surface area contributed by atoms with E-state index < -0.39 is 5.60 Å². The van der Waals surface area contributed by atoms with Crippen LogP contribution >= 0.6 is 0 Å². The van der Waals surface area contributed by atoms with Gasteiger partial charge in [-0.25, -0.2) is 4.39 Å². The predicted molar refractivity (Wildman–Crippen MR) is 150 cm³/mol. The second-order valence-corrected chi connectivity index (χ2v) is 11.2. The molecule has 0 aromatic heterocycles. The summed E-state index contributed by atoms with van der Waals surface area (Å²) in [6.45, 7) is 5.90. The summed E-state index contributed by atoms with van der Waals surface area (Å²) in [5.74, 6) is 1.35. The normalized spacial score (nSPS) is 20.9. The third-order valence-corrected chi connectivity index (χ3v) is 7.86. The minimum absolute atomic E-state index is 0.227. The first-order chi connectivity index (χ1) is 18.5. The van der Waals surface area contributed by atoms with Crippen molar-refractivity contribution >= 4 is 5.69 Å². The smallest absolute Gasteiger partial charge is 0.132 e. The standard InChI is InChI=1S/C33H40FNO3/c1-33(2)32(37-23-25-12-7-4-8-13-25)31(36-19-18-24-10-5-3-6-11-24)29-21-28(16-17-30(29)38-33)35-22-26-14-9-15-27(34)20-26/h4,7-9,12-17,20-21,24,31-32,35H,3,5-6,10-11,18-19,22-23H2,1-2H3. The quantitative estimate of drug-likeness (QED) is 0.294.